The molecule has 0 unspecified atom stereocenters. The number of nitrogens with zero attached hydrogens (tertiary/aromatic N) is 1. The van der Waals surface area contributed by atoms with E-state index in [4.69, 9.17) is 9.47 Å². The molecule has 5 heteroatoms. The van der Waals surface area contributed by atoms with Crippen LogP contribution in [0.5, 0.6) is 5.88 Å². The molecule has 2 aromatic rings. The number of esters is 1. The maximum Gasteiger partial charge on any atom is 0.338 e. The van der Waals surface area contributed by atoms with Crippen molar-refractivity contribution in [2.24, 2.45) is 0 Å². The number of carbonyl (C=O) groups is 1. The molecular formula is C17H18INO3. The van der Waals surface area contributed by atoms with Gasteiger partial charge in [-0.15, -0.1) is 0 Å². The predicted molar refractivity (Wildman–Crippen MR) is 94.1 cm³/mol. The fourth-order valence-electron chi connectivity index (χ4n) is 1.97. The highest BCUT2D eigenvalue weighted by Gasteiger charge is 2.14. The molecule has 116 valence electrons. The molecule has 0 atom stereocenters. The first-order valence-electron chi connectivity index (χ1n) is 7.21. The van der Waals surface area contributed by atoms with Gasteiger partial charge in [-0.3, -0.25) is 0 Å². The van der Waals surface area contributed by atoms with E-state index < -0.39 is 0 Å². The molecule has 0 aliphatic heterocycles. The Morgan fingerprint density at radius 2 is 2.05 bits per heavy atom. The van der Waals surface area contributed by atoms with Crippen molar-refractivity contribution in [3.05, 3.63) is 45.7 Å². The molecule has 0 bridgehead atoms. The van der Waals surface area contributed by atoms with E-state index >= 15 is 0 Å². The van der Waals surface area contributed by atoms with E-state index in [0.29, 0.717) is 24.7 Å². The Morgan fingerprint density at radius 3 is 2.68 bits per heavy atom. The van der Waals surface area contributed by atoms with Crippen molar-refractivity contribution in [2.75, 3.05) is 13.2 Å². The zero-order valence-corrected chi connectivity index (χ0v) is 14.8. The Balaban J connectivity index is 2.34. The lowest BCUT2D eigenvalue weighted by molar-refractivity contribution is 0.0527. The maximum atomic E-state index is 12.1. The van der Waals surface area contributed by atoms with Crippen molar-refractivity contribution in [1.29, 1.82) is 0 Å². The van der Waals surface area contributed by atoms with Gasteiger partial charge in [0.1, 0.15) is 0 Å². The van der Waals surface area contributed by atoms with E-state index in [1.54, 1.807) is 19.2 Å². The van der Waals surface area contributed by atoms with Crippen LogP contribution in [0.25, 0.3) is 11.1 Å². The third-order valence-electron chi connectivity index (χ3n) is 2.98. The lowest BCUT2D eigenvalue weighted by atomic mass is 10.0. The van der Waals surface area contributed by atoms with E-state index in [0.717, 1.165) is 21.1 Å². The zero-order valence-electron chi connectivity index (χ0n) is 12.6. The van der Waals surface area contributed by atoms with Gasteiger partial charge in [0.05, 0.1) is 18.8 Å². The molecule has 2 rings (SSSR count). The van der Waals surface area contributed by atoms with E-state index in [9.17, 15) is 4.79 Å². The number of hydrogen-bond acceptors (Lipinski definition) is 4. The number of carbonyl (C=O) groups excluding carboxylic acids is 1. The molecule has 1 aromatic carbocycles. The standard InChI is InChI=1S/C17H18INO3/c1-3-9-22-16-8-5-12(11-19-16)15-10-13(18)6-7-14(15)17(20)21-4-2/h5-8,10-11H,3-4,9H2,1-2H3. The molecular weight excluding hydrogens is 393 g/mol. The third kappa shape index (κ3) is 4.19. The van der Waals surface area contributed by atoms with Crippen LogP contribution >= 0.6 is 22.6 Å². The number of benzene rings is 1. The SMILES string of the molecule is CCCOc1ccc(-c2cc(I)ccc2C(=O)OCC)cn1. The molecule has 0 saturated heterocycles. The minimum atomic E-state index is -0.319. The topological polar surface area (TPSA) is 48.4 Å². The first kappa shape index (κ1) is 16.7. The number of ether oxygens (including phenoxy) is 2. The Labute approximate surface area is 144 Å². The van der Waals surface area contributed by atoms with Crippen molar-refractivity contribution in [3.63, 3.8) is 0 Å². The van der Waals surface area contributed by atoms with Gasteiger partial charge in [0.15, 0.2) is 0 Å². The summed E-state index contributed by atoms with van der Waals surface area (Å²) in [5.74, 6) is 0.272. The Hall–Kier alpha value is -1.63. The zero-order chi connectivity index (χ0) is 15.9. The van der Waals surface area contributed by atoms with Crippen molar-refractivity contribution < 1.29 is 14.3 Å². The van der Waals surface area contributed by atoms with Crippen LogP contribution in [0.1, 0.15) is 30.6 Å². The highest BCUT2D eigenvalue weighted by Crippen LogP contribution is 2.27. The first-order valence-corrected chi connectivity index (χ1v) is 8.29. The van der Waals surface area contributed by atoms with Gasteiger partial charge in [0.2, 0.25) is 5.88 Å². The molecule has 0 N–H and O–H groups in total. The molecule has 0 saturated carbocycles. The van der Waals surface area contributed by atoms with E-state index in [2.05, 4.69) is 27.6 Å². The van der Waals surface area contributed by atoms with Gasteiger partial charge in [-0.1, -0.05) is 6.92 Å². The van der Waals surface area contributed by atoms with Gasteiger partial charge in [-0.25, -0.2) is 9.78 Å². The summed E-state index contributed by atoms with van der Waals surface area (Å²) in [6.45, 7) is 4.84. The largest absolute Gasteiger partial charge is 0.478 e. The van der Waals surface area contributed by atoms with Crippen molar-refractivity contribution in [3.8, 4) is 17.0 Å². The quantitative estimate of drug-likeness (QED) is 0.525. The molecule has 0 aliphatic carbocycles. The number of halogens is 1. The summed E-state index contributed by atoms with van der Waals surface area (Å²) in [7, 11) is 0. The summed E-state index contributed by atoms with van der Waals surface area (Å²) < 4.78 is 11.7. The number of pyridine rings is 1. The second-order valence-electron chi connectivity index (χ2n) is 4.64. The van der Waals surface area contributed by atoms with Crippen LogP contribution < -0.4 is 4.74 Å². The molecule has 0 aliphatic rings. The van der Waals surface area contributed by atoms with Crippen molar-refractivity contribution in [1.82, 2.24) is 4.98 Å². The van der Waals surface area contributed by atoms with Crippen LogP contribution in [0.2, 0.25) is 0 Å². The normalized spacial score (nSPS) is 10.3. The molecule has 0 amide bonds. The predicted octanol–water partition coefficient (Wildman–Crippen LogP) is 4.32. The molecule has 4 nitrogen and oxygen atoms in total. The molecule has 1 aromatic heterocycles. The monoisotopic (exact) mass is 411 g/mol. The lowest BCUT2D eigenvalue weighted by Gasteiger charge is -2.10. The number of aromatic nitrogens is 1. The molecule has 1 heterocycles. The summed E-state index contributed by atoms with van der Waals surface area (Å²) in [5, 5.41) is 0. The lowest BCUT2D eigenvalue weighted by Crippen LogP contribution is -2.07. The van der Waals surface area contributed by atoms with Crippen LogP contribution in [0.3, 0.4) is 0 Å². The second-order valence-corrected chi connectivity index (χ2v) is 5.89. The smallest absolute Gasteiger partial charge is 0.338 e. The maximum absolute atomic E-state index is 12.1. The van der Waals surface area contributed by atoms with Crippen LogP contribution in [0.15, 0.2) is 36.5 Å². The molecule has 0 fully saturated rings. The van der Waals surface area contributed by atoms with E-state index in [1.165, 1.54) is 0 Å². The number of hydrogen-bond donors (Lipinski definition) is 0. The van der Waals surface area contributed by atoms with Crippen LogP contribution in [0.4, 0.5) is 0 Å². The first-order chi connectivity index (χ1) is 10.7. The highest BCUT2D eigenvalue weighted by atomic mass is 127. The average Bonchev–Trinajstić information content (AvgIpc) is 2.53. The van der Waals surface area contributed by atoms with Crippen LogP contribution in [-0.2, 0) is 4.74 Å². The molecule has 22 heavy (non-hydrogen) atoms. The fraction of sp³-hybridized carbons (Fsp3) is 0.294. The summed E-state index contributed by atoms with van der Waals surface area (Å²) in [6.07, 6.45) is 2.66. The number of rotatable bonds is 6. The van der Waals surface area contributed by atoms with Crippen LogP contribution in [-0.4, -0.2) is 24.2 Å². The minimum Gasteiger partial charge on any atom is -0.478 e. The summed E-state index contributed by atoms with van der Waals surface area (Å²) >= 11 is 2.22. The Morgan fingerprint density at radius 1 is 1.23 bits per heavy atom. The average molecular weight is 411 g/mol. The van der Waals surface area contributed by atoms with Gasteiger partial charge in [0.25, 0.3) is 0 Å². The van der Waals surface area contributed by atoms with Crippen molar-refractivity contribution >= 4 is 28.6 Å². The summed E-state index contributed by atoms with van der Waals surface area (Å²) in [6, 6.07) is 9.36. The Kier molecular flexibility index (Phi) is 6.18. The van der Waals surface area contributed by atoms with Gasteiger partial charge in [-0.05, 0) is 65.8 Å². The fourth-order valence-corrected chi connectivity index (χ4v) is 2.46. The van der Waals surface area contributed by atoms with Crippen LogP contribution in [0, 0.1) is 3.57 Å². The highest BCUT2D eigenvalue weighted by molar-refractivity contribution is 14.1. The van der Waals surface area contributed by atoms with Gasteiger partial charge in [0, 0.05) is 21.4 Å². The van der Waals surface area contributed by atoms with Gasteiger partial charge in [-0.2, -0.15) is 0 Å². The minimum absolute atomic E-state index is 0.319. The van der Waals surface area contributed by atoms with E-state index in [1.807, 2.05) is 31.2 Å². The van der Waals surface area contributed by atoms with E-state index in [-0.39, 0.29) is 5.97 Å². The van der Waals surface area contributed by atoms with Gasteiger partial charge >= 0.3 is 5.97 Å². The summed E-state index contributed by atoms with van der Waals surface area (Å²) in [4.78, 5) is 16.4. The second kappa shape index (κ2) is 8.12. The van der Waals surface area contributed by atoms with Crippen molar-refractivity contribution in [2.45, 2.75) is 20.3 Å². The summed E-state index contributed by atoms with van der Waals surface area (Å²) in [5.41, 5.74) is 2.23. The third-order valence-corrected chi connectivity index (χ3v) is 3.65. The Bertz CT molecular complexity index is 641. The van der Waals surface area contributed by atoms with Gasteiger partial charge < -0.3 is 9.47 Å². The molecule has 0 radical (unpaired) electrons. The molecule has 0 spiro atoms.